The molecule has 0 aromatic carbocycles. The highest BCUT2D eigenvalue weighted by Crippen LogP contribution is 2.30. The fourth-order valence-electron chi connectivity index (χ4n) is 4.09. The summed E-state index contributed by atoms with van der Waals surface area (Å²) in [4.78, 5) is 31.4. The Morgan fingerprint density at radius 2 is 2.06 bits per heavy atom. The number of thiazole rings is 1. The fourth-order valence-corrected chi connectivity index (χ4v) is 5.74. The Morgan fingerprint density at radius 3 is 2.78 bits per heavy atom. The molecule has 3 amide bonds. The lowest BCUT2D eigenvalue weighted by molar-refractivity contribution is 0.102. The van der Waals surface area contributed by atoms with Crippen LogP contribution in [0.1, 0.15) is 78.3 Å². The van der Waals surface area contributed by atoms with E-state index in [4.69, 9.17) is 0 Å². The molecule has 1 aliphatic heterocycles. The van der Waals surface area contributed by atoms with Gasteiger partial charge in [0.05, 0.1) is 5.01 Å². The minimum atomic E-state index is -0.254. The van der Waals surface area contributed by atoms with E-state index in [2.05, 4.69) is 31.9 Å². The van der Waals surface area contributed by atoms with Crippen molar-refractivity contribution in [1.29, 1.82) is 0 Å². The van der Waals surface area contributed by atoms with E-state index in [9.17, 15) is 9.59 Å². The molecule has 3 heterocycles. The van der Waals surface area contributed by atoms with Gasteiger partial charge in [0.25, 0.3) is 5.91 Å². The van der Waals surface area contributed by atoms with Crippen molar-refractivity contribution in [1.82, 2.24) is 25.4 Å². The van der Waals surface area contributed by atoms with E-state index in [-0.39, 0.29) is 17.9 Å². The van der Waals surface area contributed by atoms with E-state index in [0.29, 0.717) is 30.5 Å². The van der Waals surface area contributed by atoms with Crippen molar-refractivity contribution in [3.8, 4) is 0 Å². The number of aromatic nitrogens is 3. The molecule has 10 heteroatoms. The Kier molecular flexibility index (Phi) is 7.85. The molecular formula is C22H30N6O2S2. The van der Waals surface area contributed by atoms with Gasteiger partial charge >= 0.3 is 6.03 Å². The summed E-state index contributed by atoms with van der Waals surface area (Å²) >= 11 is 2.90. The van der Waals surface area contributed by atoms with E-state index in [1.807, 2.05) is 11.8 Å². The predicted octanol–water partition coefficient (Wildman–Crippen LogP) is 4.59. The lowest BCUT2D eigenvalue weighted by Crippen LogP contribution is -2.44. The van der Waals surface area contributed by atoms with Crippen molar-refractivity contribution < 1.29 is 9.59 Å². The molecule has 1 saturated heterocycles. The fraction of sp³-hybridized carbons (Fsp3) is 0.591. The Hall–Kier alpha value is -2.33. The molecule has 32 heavy (non-hydrogen) atoms. The summed E-state index contributed by atoms with van der Waals surface area (Å²) in [6.45, 7) is 4.14. The van der Waals surface area contributed by atoms with E-state index in [0.717, 1.165) is 35.7 Å². The second-order valence-electron chi connectivity index (χ2n) is 8.23. The number of amides is 3. The summed E-state index contributed by atoms with van der Waals surface area (Å²) < 4.78 is 0. The van der Waals surface area contributed by atoms with Gasteiger partial charge in [-0.3, -0.25) is 10.1 Å². The zero-order chi connectivity index (χ0) is 22.3. The molecule has 0 radical (unpaired) electrons. The predicted molar refractivity (Wildman–Crippen MR) is 127 cm³/mol. The zero-order valence-corrected chi connectivity index (χ0v) is 20.1. The van der Waals surface area contributed by atoms with Crippen LogP contribution in [0.15, 0.2) is 17.0 Å². The number of aryl methyl sites for hydroxylation is 1. The van der Waals surface area contributed by atoms with Gasteiger partial charge in [-0.25, -0.2) is 9.78 Å². The van der Waals surface area contributed by atoms with Crippen LogP contribution < -0.4 is 10.6 Å². The molecule has 0 unspecified atom stereocenters. The highest BCUT2D eigenvalue weighted by Gasteiger charge is 2.26. The van der Waals surface area contributed by atoms with Crippen LogP contribution in [-0.2, 0) is 6.42 Å². The van der Waals surface area contributed by atoms with Crippen LogP contribution in [0.5, 0.6) is 0 Å². The number of rotatable bonds is 7. The maximum absolute atomic E-state index is 12.5. The van der Waals surface area contributed by atoms with Crippen LogP contribution in [0.4, 0.5) is 9.93 Å². The van der Waals surface area contributed by atoms with Gasteiger partial charge in [-0.05, 0) is 51.4 Å². The van der Waals surface area contributed by atoms with Crippen LogP contribution in [0.25, 0.3) is 0 Å². The average Bonchev–Trinajstić information content (AvgIpc) is 3.50. The molecule has 0 atom stereocenters. The van der Waals surface area contributed by atoms with E-state index >= 15 is 0 Å². The van der Waals surface area contributed by atoms with Gasteiger partial charge < -0.3 is 10.2 Å². The van der Waals surface area contributed by atoms with E-state index in [1.165, 1.54) is 53.9 Å². The summed E-state index contributed by atoms with van der Waals surface area (Å²) in [5.74, 6) is 0.0300. The first kappa shape index (κ1) is 22.8. The third kappa shape index (κ3) is 5.92. The summed E-state index contributed by atoms with van der Waals surface area (Å²) in [6.07, 6.45) is 10.7. The van der Waals surface area contributed by atoms with Crippen molar-refractivity contribution in [2.45, 2.75) is 64.2 Å². The van der Waals surface area contributed by atoms with Crippen molar-refractivity contribution in [2.75, 3.05) is 25.0 Å². The van der Waals surface area contributed by atoms with Crippen LogP contribution in [0, 0.1) is 0 Å². The maximum atomic E-state index is 12.5. The van der Waals surface area contributed by atoms with Crippen molar-refractivity contribution in [3.63, 3.8) is 0 Å². The molecule has 2 N–H and O–H groups in total. The van der Waals surface area contributed by atoms with Crippen LogP contribution in [-0.4, -0.2) is 51.7 Å². The monoisotopic (exact) mass is 474 g/mol. The smallest absolute Gasteiger partial charge is 0.317 e. The molecule has 0 bridgehead atoms. The Balaban J connectivity index is 1.22. The second kappa shape index (κ2) is 11.0. The first-order valence-electron chi connectivity index (χ1n) is 11.4. The number of likely N-dealkylation sites (tertiary alicyclic amines) is 1. The quantitative estimate of drug-likeness (QED) is 0.572. The molecule has 2 aromatic rings. The summed E-state index contributed by atoms with van der Waals surface area (Å²) in [6, 6.07) is 0.0302. The average molecular weight is 475 g/mol. The van der Waals surface area contributed by atoms with Crippen molar-refractivity contribution in [3.05, 3.63) is 32.7 Å². The van der Waals surface area contributed by atoms with Crippen LogP contribution in [0.2, 0.25) is 0 Å². The van der Waals surface area contributed by atoms with Gasteiger partial charge in [0.15, 0.2) is 0 Å². The molecule has 4 rings (SSSR count). The van der Waals surface area contributed by atoms with Crippen LogP contribution >= 0.6 is 22.7 Å². The Labute approximate surface area is 196 Å². The second-order valence-corrected chi connectivity index (χ2v) is 10.2. The summed E-state index contributed by atoms with van der Waals surface area (Å²) in [5.41, 5.74) is 1.89. The van der Waals surface area contributed by atoms with Gasteiger partial charge in [-0.2, -0.15) is 0 Å². The molecule has 2 aliphatic rings. The molecule has 2 aromatic heterocycles. The third-order valence-corrected chi connectivity index (χ3v) is 7.97. The summed E-state index contributed by atoms with van der Waals surface area (Å²) in [5, 5.41) is 18.0. The first-order chi connectivity index (χ1) is 15.6. The number of hydrogen-bond acceptors (Lipinski definition) is 7. The number of carbonyl (C=O) groups excluding carboxylic acids is 2. The van der Waals surface area contributed by atoms with Gasteiger partial charge in [-0.1, -0.05) is 29.9 Å². The number of piperidine rings is 1. The third-order valence-electron chi connectivity index (χ3n) is 5.98. The normalized spacial score (nSPS) is 17.2. The zero-order valence-electron chi connectivity index (χ0n) is 18.4. The number of nitrogens with zero attached hydrogens (tertiary/aromatic N) is 4. The largest absolute Gasteiger partial charge is 0.338 e. The van der Waals surface area contributed by atoms with Gasteiger partial charge in [-0.15, -0.1) is 21.5 Å². The number of allylic oxidation sites excluding steroid dienone is 1. The lowest BCUT2D eigenvalue weighted by atomic mass is 9.97. The van der Waals surface area contributed by atoms with Gasteiger partial charge in [0, 0.05) is 30.9 Å². The summed E-state index contributed by atoms with van der Waals surface area (Å²) in [7, 11) is 0. The topological polar surface area (TPSA) is 100 Å². The van der Waals surface area contributed by atoms with E-state index < -0.39 is 0 Å². The number of carbonyl (C=O) groups is 2. The minimum Gasteiger partial charge on any atom is -0.338 e. The Morgan fingerprint density at radius 1 is 1.22 bits per heavy atom. The SMILES string of the molecule is CCc1nnc(NC(=O)c2csc(C3CCN(C(=O)NCCC4=CCCCC4)CC3)n2)s1. The maximum Gasteiger partial charge on any atom is 0.317 e. The van der Waals surface area contributed by atoms with Crippen molar-refractivity contribution >= 4 is 39.7 Å². The van der Waals surface area contributed by atoms with Crippen LogP contribution in [0.3, 0.4) is 0 Å². The molecule has 1 fully saturated rings. The number of anilines is 1. The molecule has 8 nitrogen and oxygen atoms in total. The number of hydrogen-bond donors (Lipinski definition) is 2. The minimum absolute atomic E-state index is 0.0302. The number of urea groups is 1. The standard InChI is InChI=1S/C22H30N6O2S2/c1-2-18-26-27-21(32-18)25-19(29)17-14-31-20(24-17)16-9-12-28(13-10-16)22(30)23-11-8-15-6-4-3-5-7-15/h6,14,16H,2-5,7-13H2,1H3,(H,23,30)(H,25,27,29). The van der Waals surface area contributed by atoms with E-state index in [1.54, 1.807) is 5.38 Å². The molecule has 0 saturated carbocycles. The van der Waals surface area contributed by atoms with Gasteiger partial charge in [0.1, 0.15) is 10.7 Å². The lowest BCUT2D eigenvalue weighted by Gasteiger charge is -2.31. The number of nitrogens with one attached hydrogen (secondary N) is 2. The highest BCUT2D eigenvalue weighted by molar-refractivity contribution is 7.15. The first-order valence-corrected chi connectivity index (χ1v) is 13.1. The van der Waals surface area contributed by atoms with Crippen molar-refractivity contribution in [2.24, 2.45) is 0 Å². The Bertz CT molecular complexity index is 961. The molecule has 1 aliphatic carbocycles. The molecule has 0 spiro atoms. The molecular weight excluding hydrogens is 444 g/mol. The van der Waals surface area contributed by atoms with Gasteiger partial charge in [0.2, 0.25) is 5.13 Å². The molecule has 172 valence electrons. The highest BCUT2D eigenvalue weighted by atomic mass is 32.1.